The number of nitrogens with one attached hydrogen (secondary N) is 1. The summed E-state index contributed by atoms with van der Waals surface area (Å²) in [5, 5.41) is 6.68. The quantitative estimate of drug-likeness (QED) is 0.494. The number of carbonyl (C=O) groups is 2. The van der Waals surface area contributed by atoms with Gasteiger partial charge >= 0.3 is 6.18 Å². The molecule has 1 aromatic heterocycles. The number of hydrogen-bond donors (Lipinski definition) is 2. The number of halogens is 3. The van der Waals surface area contributed by atoms with Crippen LogP contribution in [0.5, 0.6) is 0 Å². The highest BCUT2D eigenvalue weighted by molar-refractivity contribution is 6.01. The molecule has 0 bridgehead atoms. The van der Waals surface area contributed by atoms with Crippen molar-refractivity contribution < 1.29 is 22.8 Å². The van der Waals surface area contributed by atoms with Gasteiger partial charge in [0.05, 0.1) is 11.6 Å². The highest BCUT2D eigenvalue weighted by Gasteiger charge is 2.38. The lowest BCUT2D eigenvalue weighted by Gasteiger charge is -2.25. The maximum atomic E-state index is 13.7. The Balaban J connectivity index is 2.03. The van der Waals surface area contributed by atoms with Crippen LogP contribution in [0.2, 0.25) is 0 Å². The van der Waals surface area contributed by atoms with Crippen LogP contribution in [-0.2, 0) is 11.0 Å². The normalized spacial score (nSPS) is 14.6. The predicted molar refractivity (Wildman–Crippen MR) is 128 cm³/mol. The van der Waals surface area contributed by atoms with Crippen molar-refractivity contribution in [3.8, 4) is 16.8 Å². The van der Waals surface area contributed by atoms with Crippen LogP contribution in [0.4, 0.5) is 13.2 Å². The molecule has 4 rings (SSSR count). The molecular formula is C25H27F3N6O2. The number of alkyl halides is 3. The molecule has 8 nitrogen and oxygen atoms in total. The number of rotatable bonds is 8. The summed E-state index contributed by atoms with van der Waals surface area (Å²) in [6.07, 6.45) is -2.34. The maximum absolute atomic E-state index is 13.7. The van der Waals surface area contributed by atoms with E-state index in [1.54, 1.807) is 31.1 Å². The molecule has 0 radical (unpaired) electrons. The van der Waals surface area contributed by atoms with Gasteiger partial charge in [-0.3, -0.25) is 9.59 Å². The van der Waals surface area contributed by atoms with Gasteiger partial charge in [-0.2, -0.15) is 18.3 Å². The molecule has 1 unspecified atom stereocenters. The number of amides is 2. The summed E-state index contributed by atoms with van der Waals surface area (Å²) in [6, 6.07) is 10.1. The highest BCUT2D eigenvalue weighted by Crippen LogP contribution is 2.37. The average molecular weight is 501 g/mol. The summed E-state index contributed by atoms with van der Waals surface area (Å²) < 4.78 is 41.6. The van der Waals surface area contributed by atoms with Gasteiger partial charge in [0.15, 0.2) is 0 Å². The standard InChI is InChI=1S/C25H27F3N6O2/c1-14-4-6-15(7-5-14)18-10-17(34-24(25(26,27)28)30-13-31-34)11-19(23(36)32-16-8-9-16)21(18)20(22(29)35)12-33(2)3/h4-7,10-11,13,16,20H,8-9,12H2,1-3H3,(H2,29,35)(H,32,36). The Morgan fingerprint density at radius 3 is 2.42 bits per heavy atom. The first-order valence-corrected chi connectivity index (χ1v) is 11.4. The zero-order valence-corrected chi connectivity index (χ0v) is 20.1. The fourth-order valence-electron chi connectivity index (χ4n) is 4.10. The van der Waals surface area contributed by atoms with Crippen molar-refractivity contribution in [2.24, 2.45) is 5.73 Å². The number of aromatic nitrogens is 3. The number of nitrogens with two attached hydrogens (primary N) is 1. The third-order valence-corrected chi connectivity index (χ3v) is 5.97. The van der Waals surface area contributed by atoms with Crippen LogP contribution in [0.15, 0.2) is 42.7 Å². The summed E-state index contributed by atoms with van der Waals surface area (Å²) in [7, 11) is 3.54. The fourth-order valence-corrected chi connectivity index (χ4v) is 4.10. The fraction of sp³-hybridized carbons (Fsp3) is 0.360. The molecule has 1 atom stereocenters. The Morgan fingerprint density at radius 2 is 1.86 bits per heavy atom. The van der Waals surface area contributed by atoms with E-state index < -0.39 is 29.7 Å². The maximum Gasteiger partial charge on any atom is 0.451 e. The van der Waals surface area contributed by atoms with Crippen molar-refractivity contribution in [2.75, 3.05) is 20.6 Å². The lowest BCUT2D eigenvalue weighted by molar-refractivity contribution is -0.146. The molecule has 3 aromatic rings. The van der Waals surface area contributed by atoms with Gasteiger partial charge in [-0.05, 0) is 62.7 Å². The minimum absolute atomic E-state index is 0.00632. The monoisotopic (exact) mass is 500 g/mol. The third kappa shape index (κ3) is 5.40. The molecule has 36 heavy (non-hydrogen) atoms. The Kier molecular flexibility index (Phi) is 6.85. The van der Waals surface area contributed by atoms with E-state index in [2.05, 4.69) is 15.4 Å². The number of benzene rings is 2. The molecule has 2 amide bonds. The van der Waals surface area contributed by atoms with Crippen molar-refractivity contribution in [2.45, 2.75) is 37.9 Å². The minimum Gasteiger partial charge on any atom is -0.369 e. The number of hydrogen-bond acceptors (Lipinski definition) is 5. The molecule has 0 saturated heterocycles. The van der Waals surface area contributed by atoms with Crippen LogP contribution in [0.25, 0.3) is 16.8 Å². The number of primary amides is 1. The Hall–Kier alpha value is -3.73. The van der Waals surface area contributed by atoms with Gasteiger partial charge in [-0.25, -0.2) is 9.67 Å². The van der Waals surface area contributed by atoms with Crippen LogP contribution < -0.4 is 11.1 Å². The molecule has 1 heterocycles. The Bertz CT molecular complexity index is 1280. The first kappa shape index (κ1) is 25.4. The lowest BCUT2D eigenvalue weighted by Crippen LogP contribution is -2.34. The molecule has 0 spiro atoms. The van der Waals surface area contributed by atoms with E-state index in [4.69, 9.17) is 5.73 Å². The molecule has 11 heteroatoms. The van der Waals surface area contributed by atoms with Crippen LogP contribution in [0.1, 0.15) is 46.1 Å². The Morgan fingerprint density at radius 1 is 1.19 bits per heavy atom. The summed E-state index contributed by atoms with van der Waals surface area (Å²) in [6.45, 7) is 2.10. The smallest absolute Gasteiger partial charge is 0.369 e. The molecule has 0 aliphatic heterocycles. The third-order valence-electron chi connectivity index (χ3n) is 5.97. The van der Waals surface area contributed by atoms with Gasteiger partial charge in [-0.1, -0.05) is 29.8 Å². The lowest BCUT2D eigenvalue weighted by atomic mass is 9.84. The topological polar surface area (TPSA) is 106 Å². The van der Waals surface area contributed by atoms with Gasteiger partial charge in [0.25, 0.3) is 5.91 Å². The highest BCUT2D eigenvalue weighted by atomic mass is 19.4. The van der Waals surface area contributed by atoms with E-state index >= 15 is 0 Å². The summed E-state index contributed by atoms with van der Waals surface area (Å²) in [5.41, 5.74) is 8.25. The molecule has 1 saturated carbocycles. The Labute approximate surface area is 206 Å². The van der Waals surface area contributed by atoms with E-state index in [1.807, 2.05) is 19.1 Å². The van der Waals surface area contributed by atoms with Gasteiger partial charge < -0.3 is 16.0 Å². The largest absolute Gasteiger partial charge is 0.451 e. The molecule has 1 aliphatic rings. The second kappa shape index (κ2) is 9.73. The second-order valence-corrected chi connectivity index (χ2v) is 9.28. The molecule has 2 aromatic carbocycles. The van der Waals surface area contributed by atoms with Crippen LogP contribution in [-0.4, -0.2) is 58.2 Å². The van der Waals surface area contributed by atoms with Crippen LogP contribution >= 0.6 is 0 Å². The van der Waals surface area contributed by atoms with Gasteiger partial charge in [0.2, 0.25) is 11.7 Å². The summed E-state index contributed by atoms with van der Waals surface area (Å²) in [4.78, 5) is 31.2. The first-order valence-electron chi connectivity index (χ1n) is 11.4. The molecule has 1 fully saturated rings. The van der Waals surface area contributed by atoms with Crippen molar-refractivity contribution in [1.82, 2.24) is 25.0 Å². The summed E-state index contributed by atoms with van der Waals surface area (Å²) in [5.74, 6) is -3.26. The van der Waals surface area contributed by atoms with Crippen molar-refractivity contribution in [1.29, 1.82) is 0 Å². The van der Waals surface area contributed by atoms with Crippen LogP contribution in [0.3, 0.4) is 0 Å². The molecule has 1 aliphatic carbocycles. The first-order chi connectivity index (χ1) is 17.0. The van der Waals surface area contributed by atoms with Crippen molar-refractivity contribution in [3.63, 3.8) is 0 Å². The molecular weight excluding hydrogens is 473 g/mol. The van der Waals surface area contributed by atoms with Crippen molar-refractivity contribution >= 4 is 11.8 Å². The van der Waals surface area contributed by atoms with Gasteiger partial charge in [0.1, 0.15) is 6.33 Å². The number of carbonyl (C=O) groups excluding carboxylic acids is 2. The van der Waals surface area contributed by atoms with E-state index in [-0.39, 0.29) is 23.8 Å². The van der Waals surface area contributed by atoms with E-state index in [0.717, 1.165) is 24.7 Å². The van der Waals surface area contributed by atoms with Crippen LogP contribution in [0, 0.1) is 6.92 Å². The van der Waals surface area contributed by atoms with Crippen molar-refractivity contribution in [3.05, 3.63) is 65.2 Å². The van der Waals surface area contributed by atoms with E-state index in [9.17, 15) is 22.8 Å². The average Bonchev–Trinajstić information content (AvgIpc) is 3.46. The molecule has 3 N–H and O–H groups in total. The second-order valence-electron chi connectivity index (χ2n) is 9.28. The molecule has 190 valence electrons. The number of aryl methyl sites for hydroxylation is 1. The number of likely N-dealkylation sites (N-methyl/N-ethyl adjacent to an activating group) is 1. The minimum atomic E-state index is -4.77. The SMILES string of the molecule is Cc1ccc(-c2cc(-n3ncnc3C(F)(F)F)cc(C(=O)NC3CC3)c2C(CN(C)C)C(N)=O)cc1. The number of nitrogens with zero attached hydrogens (tertiary/aromatic N) is 4. The predicted octanol–water partition coefficient (Wildman–Crippen LogP) is 3.28. The summed E-state index contributed by atoms with van der Waals surface area (Å²) >= 11 is 0. The van der Waals surface area contributed by atoms with E-state index in [1.165, 1.54) is 12.1 Å². The zero-order chi connectivity index (χ0) is 26.2. The zero-order valence-electron chi connectivity index (χ0n) is 20.1. The van der Waals surface area contributed by atoms with Gasteiger partial charge in [-0.15, -0.1) is 0 Å². The van der Waals surface area contributed by atoms with Gasteiger partial charge in [0, 0.05) is 18.2 Å². The van der Waals surface area contributed by atoms with E-state index in [0.29, 0.717) is 21.4 Å².